The molecule has 2 heterocycles. The zero-order chi connectivity index (χ0) is 18.5. The molecule has 0 aromatic rings. The zero-order valence-electron chi connectivity index (χ0n) is 14.5. The van der Waals surface area contributed by atoms with E-state index in [0.29, 0.717) is 25.9 Å². The molecule has 138 valence electrons. The molecule has 2 fully saturated rings. The molecular weight excluding hydrogens is 318 g/mol. The first-order valence-electron chi connectivity index (χ1n) is 7.89. The Morgan fingerprint density at radius 2 is 1.96 bits per heavy atom. The lowest BCUT2D eigenvalue weighted by atomic mass is 10.2. The first-order chi connectivity index (χ1) is 11.0. The van der Waals surface area contributed by atoms with E-state index in [1.807, 2.05) is 20.8 Å². The minimum atomic E-state index is -0.944. The van der Waals surface area contributed by atoms with E-state index in [2.05, 4.69) is 10.6 Å². The maximum absolute atomic E-state index is 11.6. The van der Waals surface area contributed by atoms with Crippen LogP contribution in [0.4, 0.5) is 4.79 Å². The summed E-state index contributed by atoms with van der Waals surface area (Å²) in [6.07, 6.45) is -0.104. The van der Waals surface area contributed by atoms with Crippen LogP contribution < -0.4 is 10.6 Å². The van der Waals surface area contributed by atoms with Crippen molar-refractivity contribution in [2.24, 2.45) is 0 Å². The number of amides is 2. The molecule has 0 aromatic heterocycles. The Bertz CT molecular complexity index is 476. The second kappa shape index (κ2) is 8.29. The van der Waals surface area contributed by atoms with Crippen molar-refractivity contribution in [3.05, 3.63) is 0 Å². The Labute approximate surface area is 141 Å². The number of likely N-dealkylation sites (N-methyl/N-ethyl adjacent to an activating group) is 1. The summed E-state index contributed by atoms with van der Waals surface area (Å²) in [5.74, 6) is -1.11. The number of nitrogens with one attached hydrogen (secondary N) is 2. The highest BCUT2D eigenvalue weighted by atomic mass is 16.6. The van der Waals surface area contributed by atoms with E-state index >= 15 is 0 Å². The number of β-amino-alcohol motifs (C(OH)–C–C–N with tert-alkyl or cyclic N) is 1. The van der Waals surface area contributed by atoms with Gasteiger partial charge in [-0.2, -0.15) is 0 Å². The highest BCUT2D eigenvalue weighted by Crippen LogP contribution is 2.15. The minimum absolute atomic E-state index is 0.0579. The second-order valence-electron chi connectivity index (χ2n) is 6.84. The molecule has 4 N–H and O–H groups in total. The normalized spacial score (nSPS) is 26.5. The zero-order valence-corrected chi connectivity index (χ0v) is 14.5. The highest BCUT2D eigenvalue weighted by molar-refractivity contribution is 5.87. The van der Waals surface area contributed by atoms with Crippen molar-refractivity contribution >= 4 is 18.0 Å². The lowest BCUT2D eigenvalue weighted by Crippen LogP contribution is -2.38. The summed E-state index contributed by atoms with van der Waals surface area (Å²) < 4.78 is 5.21. The first kappa shape index (κ1) is 20.2. The quantitative estimate of drug-likeness (QED) is 0.533. The van der Waals surface area contributed by atoms with Crippen molar-refractivity contribution in [1.82, 2.24) is 15.5 Å². The van der Waals surface area contributed by atoms with E-state index < -0.39 is 23.7 Å². The van der Waals surface area contributed by atoms with Crippen LogP contribution in [0.3, 0.4) is 0 Å². The number of likely N-dealkylation sites (tertiary alicyclic amines) is 1. The van der Waals surface area contributed by atoms with Gasteiger partial charge in [-0.15, -0.1) is 0 Å². The molecule has 0 bridgehead atoms. The molecule has 2 saturated heterocycles. The van der Waals surface area contributed by atoms with E-state index in [1.54, 1.807) is 7.05 Å². The number of hydrogen-bond donors (Lipinski definition) is 4. The van der Waals surface area contributed by atoms with Crippen LogP contribution in [0.2, 0.25) is 0 Å². The van der Waals surface area contributed by atoms with Gasteiger partial charge in [-0.1, -0.05) is 0 Å². The molecule has 0 aromatic carbocycles. The number of rotatable bonds is 2. The molecule has 2 rings (SSSR count). The third kappa shape index (κ3) is 6.32. The number of ether oxygens (including phenoxy) is 1. The van der Waals surface area contributed by atoms with Gasteiger partial charge in [-0.05, 0) is 34.2 Å². The molecular formula is C15H27N3O6. The summed E-state index contributed by atoms with van der Waals surface area (Å²) in [5, 5.41) is 23.2. The Morgan fingerprint density at radius 1 is 1.33 bits per heavy atom. The molecule has 2 aliphatic heterocycles. The smallest absolute Gasteiger partial charge is 0.410 e. The monoisotopic (exact) mass is 345 g/mol. The van der Waals surface area contributed by atoms with Gasteiger partial charge in [-0.3, -0.25) is 4.79 Å². The maximum atomic E-state index is 11.6. The van der Waals surface area contributed by atoms with Gasteiger partial charge in [0.1, 0.15) is 11.6 Å². The summed E-state index contributed by atoms with van der Waals surface area (Å²) in [6.45, 7) is 6.31. The highest BCUT2D eigenvalue weighted by Gasteiger charge is 2.35. The molecule has 3 atom stereocenters. The van der Waals surface area contributed by atoms with Gasteiger partial charge in [-0.25, -0.2) is 9.59 Å². The van der Waals surface area contributed by atoms with Gasteiger partial charge in [0.25, 0.3) is 0 Å². The fourth-order valence-electron chi connectivity index (χ4n) is 2.35. The Kier molecular flexibility index (Phi) is 6.97. The third-order valence-electron chi connectivity index (χ3n) is 3.60. The first-order valence-corrected chi connectivity index (χ1v) is 7.89. The molecule has 2 amide bonds. The average Bonchev–Trinajstić information content (AvgIpc) is 3.03. The third-order valence-corrected chi connectivity index (χ3v) is 3.60. The molecule has 9 heteroatoms. The predicted molar refractivity (Wildman–Crippen MR) is 85.5 cm³/mol. The summed E-state index contributed by atoms with van der Waals surface area (Å²) in [6, 6.07) is -0.699. The van der Waals surface area contributed by atoms with Gasteiger partial charge in [0.15, 0.2) is 0 Å². The van der Waals surface area contributed by atoms with Crippen LogP contribution in [0.1, 0.15) is 33.6 Å². The van der Waals surface area contributed by atoms with Gasteiger partial charge < -0.3 is 30.5 Å². The standard InChI is InChI=1S/C10H20N2O3.C5H7NO3/c1-10(2,3)15-9(14)12-5-7(11-4)8(13)6-12;7-4-2-1-3(6-4)5(8)9/h7-8,11,13H,5-6H2,1-4H3;3H,1-2H2,(H,6,7)(H,8,9)/t7-,8-;3-/m01/s1. The van der Waals surface area contributed by atoms with Crippen LogP contribution >= 0.6 is 0 Å². The van der Waals surface area contributed by atoms with E-state index in [1.165, 1.54) is 4.90 Å². The molecule has 0 radical (unpaired) electrons. The number of aliphatic hydroxyl groups excluding tert-OH is 1. The van der Waals surface area contributed by atoms with E-state index in [4.69, 9.17) is 9.84 Å². The van der Waals surface area contributed by atoms with Crippen molar-refractivity contribution in [3.63, 3.8) is 0 Å². The summed E-state index contributed by atoms with van der Waals surface area (Å²) in [7, 11) is 1.77. The Balaban J connectivity index is 0.000000272. The van der Waals surface area contributed by atoms with Gasteiger partial charge in [0.2, 0.25) is 5.91 Å². The number of carboxylic acids is 1. The predicted octanol–water partition coefficient (Wildman–Crippen LogP) is -0.464. The van der Waals surface area contributed by atoms with Crippen LogP contribution in [-0.4, -0.2) is 77.0 Å². The number of aliphatic hydroxyl groups is 1. The van der Waals surface area contributed by atoms with Crippen LogP contribution in [0.5, 0.6) is 0 Å². The largest absolute Gasteiger partial charge is 0.480 e. The second-order valence-corrected chi connectivity index (χ2v) is 6.84. The minimum Gasteiger partial charge on any atom is -0.480 e. The number of carbonyl (C=O) groups is 3. The van der Waals surface area contributed by atoms with Crippen molar-refractivity contribution in [3.8, 4) is 0 Å². The van der Waals surface area contributed by atoms with Crippen molar-refractivity contribution in [2.75, 3.05) is 20.1 Å². The lowest BCUT2D eigenvalue weighted by molar-refractivity contribution is -0.140. The topological polar surface area (TPSA) is 128 Å². The molecule has 2 aliphatic rings. The summed E-state index contributed by atoms with van der Waals surface area (Å²) in [4.78, 5) is 33.7. The average molecular weight is 345 g/mol. The fourth-order valence-corrected chi connectivity index (χ4v) is 2.35. The summed E-state index contributed by atoms with van der Waals surface area (Å²) >= 11 is 0. The maximum Gasteiger partial charge on any atom is 0.410 e. The van der Waals surface area contributed by atoms with Crippen LogP contribution in [-0.2, 0) is 14.3 Å². The van der Waals surface area contributed by atoms with E-state index in [9.17, 15) is 19.5 Å². The molecule has 0 spiro atoms. The lowest BCUT2D eigenvalue weighted by Gasteiger charge is -2.24. The van der Waals surface area contributed by atoms with E-state index in [0.717, 1.165) is 0 Å². The summed E-state index contributed by atoms with van der Waals surface area (Å²) in [5.41, 5.74) is -0.486. The Hall–Kier alpha value is -1.87. The number of aliphatic carboxylic acids is 1. The number of carbonyl (C=O) groups excluding carboxylic acids is 2. The SMILES string of the molecule is CN[C@H]1CN(C(=O)OC(C)(C)C)C[C@@H]1O.O=C1CC[C@H](C(=O)O)N1. The van der Waals surface area contributed by atoms with Crippen LogP contribution in [0.15, 0.2) is 0 Å². The van der Waals surface area contributed by atoms with Crippen LogP contribution in [0, 0.1) is 0 Å². The number of hydrogen-bond acceptors (Lipinski definition) is 6. The van der Waals surface area contributed by atoms with Crippen molar-refractivity contribution in [2.45, 2.75) is 57.4 Å². The van der Waals surface area contributed by atoms with Crippen LogP contribution in [0.25, 0.3) is 0 Å². The molecule has 0 unspecified atom stereocenters. The van der Waals surface area contributed by atoms with Crippen molar-refractivity contribution in [1.29, 1.82) is 0 Å². The van der Waals surface area contributed by atoms with E-state index in [-0.39, 0.29) is 18.0 Å². The number of nitrogens with zero attached hydrogens (tertiary/aromatic N) is 1. The molecule has 0 aliphatic carbocycles. The fraction of sp³-hybridized carbons (Fsp3) is 0.800. The van der Waals surface area contributed by atoms with Gasteiger partial charge >= 0.3 is 12.1 Å². The Morgan fingerprint density at radius 3 is 2.29 bits per heavy atom. The number of carboxylic acid groups (broad SMARTS) is 1. The van der Waals surface area contributed by atoms with Gasteiger partial charge in [0, 0.05) is 13.0 Å². The van der Waals surface area contributed by atoms with Gasteiger partial charge in [0.05, 0.1) is 18.7 Å². The van der Waals surface area contributed by atoms with Crippen molar-refractivity contribution < 1.29 is 29.3 Å². The molecule has 9 nitrogen and oxygen atoms in total. The molecule has 0 saturated carbocycles. The molecule has 24 heavy (non-hydrogen) atoms.